The first kappa shape index (κ1) is 24.0. The van der Waals surface area contributed by atoms with Crippen molar-refractivity contribution in [2.45, 2.75) is 18.9 Å². The summed E-state index contributed by atoms with van der Waals surface area (Å²) in [4.78, 5) is 6.25. The number of aromatic nitrogens is 2. The van der Waals surface area contributed by atoms with E-state index in [9.17, 15) is 13.2 Å². The number of benzene rings is 1. The lowest BCUT2D eigenvalue weighted by Gasteiger charge is -2.23. The average molecular weight is 512 g/mol. The zero-order valence-electron chi connectivity index (χ0n) is 15.8. The van der Waals surface area contributed by atoms with Gasteiger partial charge in [0, 0.05) is 25.4 Å². The van der Waals surface area contributed by atoms with Crippen molar-refractivity contribution in [3.63, 3.8) is 0 Å². The molecule has 2 aromatic rings. The monoisotopic (exact) mass is 512 g/mol. The number of ether oxygens (including phenoxy) is 1. The fraction of sp³-hybridized carbons (Fsp3) is 0.412. The van der Waals surface area contributed by atoms with Gasteiger partial charge in [0.25, 0.3) is 0 Å². The first-order chi connectivity index (χ1) is 12.6. The number of hydrogen-bond acceptors (Lipinski definition) is 4. The Hall–Kier alpha value is -2.02. The third-order valence-corrected chi connectivity index (χ3v) is 3.80. The summed E-state index contributed by atoms with van der Waals surface area (Å²) in [7, 11) is 5.76. The molecule has 0 aliphatic rings. The average Bonchev–Trinajstić information content (AvgIpc) is 2.99. The van der Waals surface area contributed by atoms with Crippen LogP contribution in [0.5, 0.6) is 5.75 Å². The minimum absolute atomic E-state index is 0. The maximum Gasteiger partial charge on any atom is 0.573 e. The van der Waals surface area contributed by atoms with Crippen molar-refractivity contribution < 1.29 is 17.9 Å². The second kappa shape index (κ2) is 10.5. The number of nitrogens with one attached hydrogen (secondary N) is 1. The van der Waals surface area contributed by atoms with Gasteiger partial charge in [0.05, 0.1) is 18.8 Å². The van der Waals surface area contributed by atoms with Gasteiger partial charge in [-0.25, -0.2) is 4.99 Å². The van der Waals surface area contributed by atoms with Crippen LogP contribution in [0.1, 0.15) is 17.2 Å². The summed E-state index contributed by atoms with van der Waals surface area (Å²) in [5.74, 6) is -0.0204. The Kier molecular flexibility index (Phi) is 9.01. The van der Waals surface area contributed by atoms with Crippen LogP contribution in [-0.2, 0) is 13.6 Å². The van der Waals surface area contributed by atoms with Gasteiger partial charge in [-0.1, -0.05) is 12.1 Å². The largest absolute Gasteiger partial charge is 0.573 e. The second-order valence-electron chi connectivity index (χ2n) is 6.20. The van der Waals surface area contributed by atoms with Gasteiger partial charge in [0.2, 0.25) is 0 Å². The van der Waals surface area contributed by atoms with Crippen molar-refractivity contribution >= 4 is 29.9 Å². The summed E-state index contributed by atoms with van der Waals surface area (Å²) < 4.78 is 42.0. The molecule has 0 saturated heterocycles. The Balaban J connectivity index is 0.00000392. The second-order valence-corrected chi connectivity index (χ2v) is 6.20. The zero-order chi connectivity index (χ0) is 20.0. The lowest BCUT2D eigenvalue weighted by atomic mass is 10.1. The standard InChI is InChI=1S/C17H23F3N6O.HI/c1-25(2)15(13-9-24-26(3)11-13)10-23-16(21)22-8-12-4-6-14(7-5-12)27-17(18,19)20;/h4-7,9,11,15H,8,10H2,1-3H3,(H3,21,22,23);1H. The van der Waals surface area contributed by atoms with Crippen molar-refractivity contribution in [2.24, 2.45) is 17.8 Å². The zero-order valence-corrected chi connectivity index (χ0v) is 18.1. The van der Waals surface area contributed by atoms with Crippen LogP contribution in [0.3, 0.4) is 0 Å². The molecule has 0 bridgehead atoms. The first-order valence-corrected chi connectivity index (χ1v) is 8.17. The van der Waals surface area contributed by atoms with Crippen molar-refractivity contribution in [1.29, 1.82) is 0 Å². The van der Waals surface area contributed by atoms with Crippen LogP contribution < -0.4 is 15.8 Å². The summed E-state index contributed by atoms with van der Waals surface area (Å²) in [5.41, 5.74) is 7.65. The molecule has 1 aromatic heterocycles. The van der Waals surface area contributed by atoms with Crippen LogP contribution in [0, 0.1) is 0 Å². The summed E-state index contributed by atoms with van der Waals surface area (Å²) in [6.07, 6.45) is -0.972. The number of halogens is 4. The van der Waals surface area contributed by atoms with E-state index in [0.29, 0.717) is 12.1 Å². The number of nitrogens with zero attached hydrogens (tertiary/aromatic N) is 4. The lowest BCUT2D eigenvalue weighted by molar-refractivity contribution is -0.274. The molecule has 1 heterocycles. The van der Waals surface area contributed by atoms with Crippen LogP contribution in [-0.4, -0.2) is 47.6 Å². The highest BCUT2D eigenvalue weighted by Gasteiger charge is 2.30. The van der Waals surface area contributed by atoms with Crippen LogP contribution in [0.25, 0.3) is 0 Å². The molecule has 1 atom stereocenters. The van der Waals surface area contributed by atoms with Gasteiger partial charge < -0.3 is 20.7 Å². The van der Waals surface area contributed by atoms with E-state index in [1.54, 1.807) is 10.9 Å². The Morgan fingerprint density at radius 3 is 2.46 bits per heavy atom. The van der Waals surface area contributed by atoms with E-state index in [-0.39, 0.29) is 48.3 Å². The molecule has 7 nitrogen and oxygen atoms in total. The highest BCUT2D eigenvalue weighted by Crippen LogP contribution is 2.22. The lowest BCUT2D eigenvalue weighted by Crippen LogP contribution is -2.38. The Morgan fingerprint density at radius 2 is 1.96 bits per heavy atom. The quantitative estimate of drug-likeness (QED) is 0.339. The molecule has 28 heavy (non-hydrogen) atoms. The van der Waals surface area contributed by atoms with Crippen LogP contribution in [0.15, 0.2) is 41.7 Å². The Morgan fingerprint density at radius 1 is 1.32 bits per heavy atom. The van der Waals surface area contributed by atoms with E-state index in [4.69, 9.17) is 5.73 Å². The van der Waals surface area contributed by atoms with E-state index in [0.717, 1.165) is 5.56 Å². The number of aryl methyl sites for hydroxylation is 1. The molecule has 156 valence electrons. The number of guanidine groups is 1. The number of hydrogen-bond donors (Lipinski definition) is 2. The van der Waals surface area contributed by atoms with E-state index in [2.05, 4.69) is 20.1 Å². The van der Waals surface area contributed by atoms with Gasteiger partial charge in [0.1, 0.15) is 5.75 Å². The van der Waals surface area contributed by atoms with E-state index < -0.39 is 6.36 Å². The van der Waals surface area contributed by atoms with Gasteiger partial charge in [-0.05, 0) is 31.8 Å². The van der Waals surface area contributed by atoms with E-state index in [1.807, 2.05) is 32.2 Å². The van der Waals surface area contributed by atoms with Gasteiger partial charge in [0.15, 0.2) is 5.96 Å². The van der Waals surface area contributed by atoms with E-state index >= 15 is 0 Å². The molecule has 0 saturated carbocycles. The van der Waals surface area contributed by atoms with Crippen molar-refractivity contribution in [1.82, 2.24) is 20.0 Å². The molecule has 0 aliphatic carbocycles. The van der Waals surface area contributed by atoms with Crippen molar-refractivity contribution in [3.05, 3.63) is 47.8 Å². The number of nitrogens with two attached hydrogens (primary N) is 1. The number of aliphatic imine (C=N–C) groups is 1. The summed E-state index contributed by atoms with van der Waals surface area (Å²) in [5, 5.41) is 7.23. The molecule has 0 spiro atoms. The van der Waals surface area contributed by atoms with E-state index in [1.165, 1.54) is 24.3 Å². The predicted octanol–water partition coefficient (Wildman–Crippen LogP) is 2.64. The number of rotatable bonds is 7. The van der Waals surface area contributed by atoms with Crippen LogP contribution >= 0.6 is 24.0 Å². The fourth-order valence-corrected chi connectivity index (χ4v) is 2.44. The molecule has 0 amide bonds. The Bertz CT molecular complexity index is 761. The van der Waals surface area contributed by atoms with Crippen molar-refractivity contribution in [2.75, 3.05) is 20.6 Å². The first-order valence-electron chi connectivity index (χ1n) is 8.17. The molecule has 0 fully saturated rings. The highest BCUT2D eigenvalue weighted by molar-refractivity contribution is 14.0. The summed E-state index contributed by atoms with van der Waals surface area (Å²) >= 11 is 0. The van der Waals surface area contributed by atoms with Gasteiger partial charge in [-0.2, -0.15) is 5.10 Å². The molecule has 3 N–H and O–H groups in total. The molecular formula is C17H24F3IN6O. The minimum Gasteiger partial charge on any atom is -0.406 e. The molecule has 1 unspecified atom stereocenters. The summed E-state index contributed by atoms with van der Waals surface area (Å²) in [6.45, 7) is 0.775. The maximum atomic E-state index is 12.1. The SMILES string of the molecule is CN(C)C(CNC(N)=NCc1ccc(OC(F)(F)F)cc1)c1cnn(C)c1.I. The number of likely N-dealkylation sites (N-methyl/N-ethyl adjacent to an activating group) is 1. The van der Waals surface area contributed by atoms with Gasteiger partial charge in [-0.3, -0.25) is 4.68 Å². The normalized spacial score (nSPS) is 13.2. The molecule has 1 aromatic carbocycles. The third kappa shape index (κ3) is 7.92. The highest BCUT2D eigenvalue weighted by atomic mass is 127. The topological polar surface area (TPSA) is 80.7 Å². The molecule has 11 heteroatoms. The smallest absolute Gasteiger partial charge is 0.406 e. The van der Waals surface area contributed by atoms with Gasteiger partial charge >= 0.3 is 6.36 Å². The maximum absolute atomic E-state index is 12.1. The van der Waals surface area contributed by atoms with Gasteiger partial charge in [-0.15, -0.1) is 37.1 Å². The number of alkyl halides is 3. The van der Waals surface area contributed by atoms with Crippen LogP contribution in [0.4, 0.5) is 13.2 Å². The molecule has 0 radical (unpaired) electrons. The fourth-order valence-electron chi connectivity index (χ4n) is 2.44. The van der Waals surface area contributed by atoms with Crippen molar-refractivity contribution in [3.8, 4) is 5.75 Å². The van der Waals surface area contributed by atoms with Crippen LogP contribution in [0.2, 0.25) is 0 Å². The minimum atomic E-state index is -4.70. The third-order valence-electron chi connectivity index (χ3n) is 3.80. The Labute approximate surface area is 178 Å². The summed E-state index contributed by atoms with van der Waals surface area (Å²) in [6, 6.07) is 5.57. The molecule has 0 aliphatic heterocycles. The molecule has 2 rings (SSSR count). The molecular weight excluding hydrogens is 488 g/mol. The predicted molar refractivity (Wildman–Crippen MR) is 112 cm³/mol.